The van der Waals surface area contributed by atoms with Crippen LogP contribution in [0.25, 0.3) is 0 Å². The quantitative estimate of drug-likeness (QED) is 0.859. The highest BCUT2D eigenvalue weighted by molar-refractivity contribution is 7.10. The van der Waals surface area contributed by atoms with Crippen molar-refractivity contribution >= 4 is 11.3 Å². The van der Waals surface area contributed by atoms with Gasteiger partial charge in [-0.2, -0.15) is 5.10 Å². The Hall–Kier alpha value is -1.13. The maximum absolute atomic E-state index is 6.08. The summed E-state index contributed by atoms with van der Waals surface area (Å²) >= 11 is 1.73. The predicted octanol–water partition coefficient (Wildman–Crippen LogP) is 2.11. The first-order valence-corrected chi connectivity index (χ1v) is 5.90. The van der Waals surface area contributed by atoms with E-state index in [9.17, 15) is 0 Å². The topological polar surface area (TPSA) is 43.8 Å². The third-order valence-corrected chi connectivity index (χ3v) is 3.42. The van der Waals surface area contributed by atoms with E-state index < -0.39 is 0 Å². The van der Waals surface area contributed by atoms with E-state index in [4.69, 9.17) is 5.73 Å². The van der Waals surface area contributed by atoms with Gasteiger partial charge in [0.1, 0.15) is 0 Å². The molecule has 0 aromatic carbocycles. The third-order valence-electron chi connectivity index (χ3n) is 2.41. The first-order valence-electron chi connectivity index (χ1n) is 5.02. The fraction of sp³-hybridized carbons (Fsp3) is 0.364. The summed E-state index contributed by atoms with van der Waals surface area (Å²) in [6.07, 6.45) is 5.92. The molecule has 15 heavy (non-hydrogen) atoms. The molecular formula is C11H15N3S. The highest BCUT2D eigenvalue weighted by Gasteiger charge is 2.07. The highest BCUT2D eigenvalue weighted by Crippen LogP contribution is 2.20. The highest BCUT2D eigenvalue weighted by atomic mass is 32.1. The van der Waals surface area contributed by atoms with Gasteiger partial charge in [-0.3, -0.25) is 4.68 Å². The molecule has 0 aliphatic heterocycles. The van der Waals surface area contributed by atoms with E-state index in [0.29, 0.717) is 0 Å². The molecule has 0 spiro atoms. The SMILES string of the molecule is Cn1cc(CCC(N)c2cccs2)cn1. The molecule has 3 nitrogen and oxygen atoms in total. The van der Waals surface area contributed by atoms with Crippen LogP contribution in [-0.2, 0) is 13.5 Å². The molecule has 0 radical (unpaired) electrons. The number of rotatable bonds is 4. The number of nitrogens with two attached hydrogens (primary N) is 1. The van der Waals surface area contributed by atoms with Gasteiger partial charge in [0.15, 0.2) is 0 Å². The molecule has 2 rings (SSSR count). The first kappa shape index (κ1) is 10.4. The van der Waals surface area contributed by atoms with Gasteiger partial charge in [-0.25, -0.2) is 0 Å². The minimum atomic E-state index is 0.158. The van der Waals surface area contributed by atoms with Crippen LogP contribution >= 0.6 is 11.3 Å². The zero-order valence-corrected chi connectivity index (χ0v) is 9.57. The summed E-state index contributed by atoms with van der Waals surface area (Å²) in [4.78, 5) is 1.26. The maximum atomic E-state index is 6.08. The van der Waals surface area contributed by atoms with Crippen LogP contribution < -0.4 is 5.73 Å². The van der Waals surface area contributed by atoms with Gasteiger partial charge in [0.2, 0.25) is 0 Å². The largest absolute Gasteiger partial charge is 0.323 e. The van der Waals surface area contributed by atoms with E-state index in [-0.39, 0.29) is 6.04 Å². The first-order chi connectivity index (χ1) is 7.25. The Bertz CT molecular complexity index is 405. The molecule has 4 heteroatoms. The number of aromatic nitrogens is 2. The van der Waals surface area contributed by atoms with Crippen molar-refractivity contribution in [3.8, 4) is 0 Å². The second-order valence-electron chi connectivity index (χ2n) is 3.68. The van der Waals surface area contributed by atoms with Crippen molar-refractivity contribution in [2.24, 2.45) is 12.8 Å². The van der Waals surface area contributed by atoms with Gasteiger partial charge in [-0.15, -0.1) is 11.3 Å². The molecule has 2 aromatic rings. The van der Waals surface area contributed by atoms with Crippen molar-refractivity contribution in [1.29, 1.82) is 0 Å². The molecule has 0 bridgehead atoms. The monoisotopic (exact) mass is 221 g/mol. The smallest absolute Gasteiger partial charge is 0.0521 e. The van der Waals surface area contributed by atoms with Gasteiger partial charge in [0, 0.05) is 24.2 Å². The number of hydrogen-bond donors (Lipinski definition) is 1. The van der Waals surface area contributed by atoms with Crippen LogP contribution in [0.4, 0.5) is 0 Å². The Kier molecular flexibility index (Phi) is 3.18. The van der Waals surface area contributed by atoms with Crippen molar-refractivity contribution < 1.29 is 0 Å². The Morgan fingerprint density at radius 2 is 2.47 bits per heavy atom. The van der Waals surface area contributed by atoms with Gasteiger partial charge < -0.3 is 5.73 Å². The van der Waals surface area contributed by atoms with Crippen molar-refractivity contribution in [2.75, 3.05) is 0 Å². The Labute approximate surface area is 93.5 Å². The normalized spacial score (nSPS) is 12.9. The average molecular weight is 221 g/mol. The lowest BCUT2D eigenvalue weighted by Gasteiger charge is -2.07. The second kappa shape index (κ2) is 4.59. The standard InChI is InChI=1S/C11H15N3S/c1-14-8-9(7-13-14)4-5-10(12)11-3-2-6-15-11/h2-3,6-8,10H,4-5,12H2,1H3. The predicted molar refractivity (Wildman–Crippen MR) is 62.8 cm³/mol. The van der Waals surface area contributed by atoms with E-state index in [1.807, 2.05) is 30.2 Å². The molecule has 0 amide bonds. The summed E-state index contributed by atoms with van der Waals surface area (Å²) in [7, 11) is 1.93. The number of hydrogen-bond acceptors (Lipinski definition) is 3. The number of nitrogens with zero attached hydrogens (tertiary/aromatic N) is 2. The van der Waals surface area contributed by atoms with E-state index >= 15 is 0 Å². The molecule has 1 atom stereocenters. The lowest BCUT2D eigenvalue weighted by Crippen LogP contribution is -2.09. The van der Waals surface area contributed by atoms with Crippen LogP contribution in [0.1, 0.15) is 22.9 Å². The molecule has 80 valence electrons. The van der Waals surface area contributed by atoms with Gasteiger partial charge in [-0.05, 0) is 29.9 Å². The molecule has 2 N–H and O–H groups in total. The minimum Gasteiger partial charge on any atom is -0.323 e. The summed E-state index contributed by atoms with van der Waals surface area (Å²) in [6.45, 7) is 0. The molecule has 0 fully saturated rings. The summed E-state index contributed by atoms with van der Waals surface area (Å²) < 4.78 is 1.83. The lowest BCUT2D eigenvalue weighted by molar-refractivity contribution is 0.661. The van der Waals surface area contributed by atoms with Gasteiger partial charge in [0.25, 0.3) is 0 Å². The fourth-order valence-electron chi connectivity index (χ4n) is 1.57. The molecule has 0 aliphatic carbocycles. The van der Waals surface area contributed by atoms with Crippen LogP contribution in [0.5, 0.6) is 0 Å². The zero-order valence-electron chi connectivity index (χ0n) is 8.76. The molecule has 2 aromatic heterocycles. The van der Waals surface area contributed by atoms with E-state index in [0.717, 1.165) is 12.8 Å². The molecular weight excluding hydrogens is 206 g/mol. The van der Waals surface area contributed by atoms with E-state index in [2.05, 4.69) is 16.5 Å². The van der Waals surface area contributed by atoms with Crippen LogP contribution in [-0.4, -0.2) is 9.78 Å². The van der Waals surface area contributed by atoms with Crippen molar-refractivity contribution in [3.63, 3.8) is 0 Å². The number of thiophene rings is 1. The molecule has 0 saturated carbocycles. The van der Waals surface area contributed by atoms with Crippen molar-refractivity contribution in [2.45, 2.75) is 18.9 Å². The van der Waals surface area contributed by atoms with E-state index in [1.165, 1.54) is 10.4 Å². The van der Waals surface area contributed by atoms with Gasteiger partial charge >= 0.3 is 0 Å². The molecule has 1 unspecified atom stereocenters. The molecule has 0 aliphatic rings. The Morgan fingerprint density at radius 1 is 1.60 bits per heavy atom. The average Bonchev–Trinajstić information content (AvgIpc) is 2.84. The van der Waals surface area contributed by atoms with Crippen LogP contribution in [0.15, 0.2) is 29.9 Å². The van der Waals surface area contributed by atoms with E-state index in [1.54, 1.807) is 11.3 Å². The zero-order chi connectivity index (χ0) is 10.7. The maximum Gasteiger partial charge on any atom is 0.0521 e. The van der Waals surface area contributed by atoms with Crippen LogP contribution in [0.2, 0.25) is 0 Å². The summed E-state index contributed by atoms with van der Waals surface area (Å²) in [6, 6.07) is 4.30. The Balaban J connectivity index is 1.88. The van der Waals surface area contributed by atoms with Crippen LogP contribution in [0.3, 0.4) is 0 Å². The molecule has 2 heterocycles. The lowest BCUT2D eigenvalue weighted by atomic mass is 10.1. The fourth-order valence-corrected chi connectivity index (χ4v) is 2.33. The van der Waals surface area contributed by atoms with Crippen molar-refractivity contribution in [3.05, 3.63) is 40.3 Å². The summed E-state index contributed by atoms with van der Waals surface area (Å²) in [5.41, 5.74) is 7.33. The summed E-state index contributed by atoms with van der Waals surface area (Å²) in [5, 5.41) is 6.20. The summed E-state index contributed by atoms with van der Waals surface area (Å²) in [5.74, 6) is 0. The van der Waals surface area contributed by atoms with Crippen molar-refractivity contribution in [1.82, 2.24) is 9.78 Å². The number of aryl methyl sites for hydroxylation is 2. The molecule has 0 saturated heterocycles. The minimum absolute atomic E-state index is 0.158. The van der Waals surface area contributed by atoms with Crippen LogP contribution in [0, 0.1) is 0 Å². The van der Waals surface area contributed by atoms with Gasteiger partial charge in [0.05, 0.1) is 6.20 Å². The third kappa shape index (κ3) is 2.67. The Morgan fingerprint density at radius 3 is 3.07 bits per heavy atom. The van der Waals surface area contributed by atoms with Gasteiger partial charge in [-0.1, -0.05) is 6.07 Å². The second-order valence-corrected chi connectivity index (χ2v) is 4.66.